The Bertz CT molecular complexity index is 750. The van der Waals surface area contributed by atoms with Gasteiger partial charge in [-0.15, -0.1) is 0 Å². The van der Waals surface area contributed by atoms with Crippen LogP contribution in [0.5, 0.6) is 0 Å². The molecule has 0 unspecified atom stereocenters. The van der Waals surface area contributed by atoms with Crippen LogP contribution in [-0.4, -0.2) is 35.6 Å². The number of benzene rings is 1. The Hall–Kier alpha value is -2.43. The topological polar surface area (TPSA) is 55.3 Å². The molecule has 2 heterocycles. The molecule has 0 bridgehead atoms. The molecule has 0 spiro atoms. The van der Waals surface area contributed by atoms with Gasteiger partial charge in [-0.05, 0) is 40.0 Å². The van der Waals surface area contributed by atoms with Crippen LogP contribution in [0.4, 0.5) is 5.95 Å². The van der Waals surface area contributed by atoms with Gasteiger partial charge in [-0.1, -0.05) is 29.8 Å². The van der Waals surface area contributed by atoms with Crippen molar-refractivity contribution in [1.82, 2.24) is 9.97 Å². The zero-order valence-corrected chi connectivity index (χ0v) is 15.2. The molecule has 25 heavy (non-hydrogen) atoms. The maximum atomic E-state index is 12.5. The maximum absolute atomic E-state index is 12.5. The molecule has 0 atom stereocenters. The molecule has 0 aliphatic carbocycles. The molecule has 0 saturated carbocycles. The lowest BCUT2D eigenvalue weighted by Crippen LogP contribution is -2.31. The number of carbonyl (C=O) groups excluding carboxylic acids is 1. The first-order valence-electron chi connectivity index (χ1n) is 8.98. The first-order valence-corrected chi connectivity index (χ1v) is 8.98. The van der Waals surface area contributed by atoms with Crippen LogP contribution in [0.1, 0.15) is 47.8 Å². The average Bonchev–Trinajstić information content (AvgIpc) is 2.62. The molecule has 3 rings (SSSR count). The Balaban J connectivity index is 2.10. The highest BCUT2D eigenvalue weighted by Gasteiger charge is 2.23. The highest BCUT2D eigenvalue weighted by atomic mass is 16.5. The fourth-order valence-corrected chi connectivity index (χ4v) is 3.16. The lowest BCUT2D eigenvalue weighted by atomic mass is 10.0. The van der Waals surface area contributed by atoms with E-state index in [-0.39, 0.29) is 5.97 Å². The summed E-state index contributed by atoms with van der Waals surface area (Å²) in [4.78, 5) is 24.1. The third-order valence-corrected chi connectivity index (χ3v) is 4.52. The summed E-state index contributed by atoms with van der Waals surface area (Å²) in [5, 5.41) is 0. The largest absolute Gasteiger partial charge is 0.462 e. The predicted octanol–water partition coefficient (Wildman–Crippen LogP) is 3.93. The van der Waals surface area contributed by atoms with Crippen molar-refractivity contribution in [1.29, 1.82) is 0 Å². The molecule has 2 aromatic rings. The summed E-state index contributed by atoms with van der Waals surface area (Å²) in [6.07, 6.45) is 3.56. The molecule has 1 fully saturated rings. The van der Waals surface area contributed by atoms with Crippen LogP contribution in [0.15, 0.2) is 24.3 Å². The van der Waals surface area contributed by atoms with Crippen molar-refractivity contribution in [2.45, 2.75) is 40.0 Å². The first-order chi connectivity index (χ1) is 12.1. The van der Waals surface area contributed by atoms with Gasteiger partial charge < -0.3 is 9.64 Å². The standard InChI is InChI=1S/C20H25N3O2/c1-4-25-19(24)17-15(3)21-20(23-12-6-5-7-13-23)22-18(17)16-10-8-14(2)9-11-16/h8-11H,4-7,12-13H2,1-3H3. The maximum Gasteiger partial charge on any atom is 0.342 e. The van der Waals surface area contributed by atoms with Gasteiger partial charge in [0.25, 0.3) is 0 Å². The van der Waals surface area contributed by atoms with Gasteiger partial charge in [-0.25, -0.2) is 14.8 Å². The number of piperidine rings is 1. The zero-order chi connectivity index (χ0) is 17.8. The zero-order valence-electron chi connectivity index (χ0n) is 15.2. The molecule has 132 valence electrons. The second kappa shape index (κ2) is 7.64. The molecule has 0 N–H and O–H groups in total. The van der Waals surface area contributed by atoms with Crippen molar-refractivity contribution in [3.05, 3.63) is 41.1 Å². The molecule has 1 aliphatic heterocycles. The smallest absolute Gasteiger partial charge is 0.342 e. The summed E-state index contributed by atoms with van der Waals surface area (Å²) in [7, 11) is 0. The van der Waals surface area contributed by atoms with Crippen molar-refractivity contribution in [3.8, 4) is 11.3 Å². The number of hydrogen-bond acceptors (Lipinski definition) is 5. The molecule has 0 radical (unpaired) electrons. The first kappa shape index (κ1) is 17.4. The molecule has 1 aromatic carbocycles. The third-order valence-electron chi connectivity index (χ3n) is 4.52. The van der Waals surface area contributed by atoms with Crippen LogP contribution in [-0.2, 0) is 4.74 Å². The quantitative estimate of drug-likeness (QED) is 0.790. The second-order valence-corrected chi connectivity index (χ2v) is 6.47. The highest BCUT2D eigenvalue weighted by Crippen LogP contribution is 2.28. The number of nitrogens with zero attached hydrogens (tertiary/aromatic N) is 3. The van der Waals surface area contributed by atoms with Crippen molar-refractivity contribution >= 4 is 11.9 Å². The van der Waals surface area contributed by atoms with E-state index in [9.17, 15) is 4.79 Å². The van der Waals surface area contributed by atoms with Gasteiger partial charge in [0.15, 0.2) is 0 Å². The van der Waals surface area contributed by atoms with E-state index in [1.54, 1.807) is 0 Å². The SMILES string of the molecule is CCOC(=O)c1c(C)nc(N2CCCCC2)nc1-c1ccc(C)cc1. The lowest BCUT2D eigenvalue weighted by Gasteiger charge is -2.27. The van der Waals surface area contributed by atoms with Gasteiger partial charge in [0.05, 0.1) is 18.0 Å². The molecule has 1 aliphatic rings. The van der Waals surface area contributed by atoms with Gasteiger partial charge in [0.1, 0.15) is 5.56 Å². The predicted molar refractivity (Wildman–Crippen MR) is 99.0 cm³/mol. The molecule has 5 heteroatoms. The van der Waals surface area contributed by atoms with Crippen LogP contribution in [0.3, 0.4) is 0 Å². The molecule has 5 nitrogen and oxygen atoms in total. The van der Waals surface area contributed by atoms with Crippen LogP contribution < -0.4 is 4.90 Å². The number of anilines is 1. The van der Waals surface area contributed by atoms with Crippen LogP contribution in [0, 0.1) is 13.8 Å². The highest BCUT2D eigenvalue weighted by molar-refractivity contribution is 5.97. The third kappa shape index (κ3) is 3.81. The summed E-state index contributed by atoms with van der Waals surface area (Å²) >= 11 is 0. The lowest BCUT2D eigenvalue weighted by molar-refractivity contribution is 0.0525. The van der Waals surface area contributed by atoms with Crippen LogP contribution >= 0.6 is 0 Å². The average molecular weight is 339 g/mol. The number of carbonyl (C=O) groups is 1. The van der Waals surface area contributed by atoms with Crippen LogP contribution in [0.2, 0.25) is 0 Å². The Labute approximate surface area is 149 Å². The Morgan fingerprint density at radius 2 is 1.76 bits per heavy atom. The number of esters is 1. The minimum absolute atomic E-state index is 0.333. The van der Waals surface area contributed by atoms with Crippen molar-refractivity contribution in [2.75, 3.05) is 24.6 Å². The minimum Gasteiger partial charge on any atom is -0.462 e. The number of rotatable bonds is 4. The summed E-state index contributed by atoms with van der Waals surface area (Å²) in [5.74, 6) is 0.349. The van der Waals surface area contributed by atoms with Crippen molar-refractivity contribution in [3.63, 3.8) is 0 Å². The molecule has 1 aromatic heterocycles. The van der Waals surface area contributed by atoms with E-state index in [2.05, 4.69) is 9.88 Å². The van der Waals surface area contributed by atoms with Crippen LogP contribution in [0.25, 0.3) is 11.3 Å². The Morgan fingerprint density at radius 1 is 1.08 bits per heavy atom. The number of ether oxygens (including phenoxy) is 1. The minimum atomic E-state index is -0.360. The summed E-state index contributed by atoms with van der Waals surface area (Å²) in [5.41, 5.74) is 3.88. The van der Waals surface area contributed by atoms with Gasteiger partial charge >= 0.3 is 5.97 Å². The van der Waals surface area contributed by atoms with E-state index in [1.165, 1.54) is 12.0 Å². The number of hydrogen-bond donors (Lipinski definition) is 0. The fourth-order valence-electron chi connectivity index (χ4n) is 3.16. The molecular formula is C20H25N3O2. The fraction of sp³-hybridized carbons (Fsp3) is 0.450. The Kier molecular flexibility index (Phi) is 5.31. The normalized spacial score (nSPS) is 14.4. The van der Waals surface area contributed by atoms with Crippen molar-refractivity contribution < 1.29 is 9.53 Å². The van der Waals surface area contributed by atoms with E-state index < -0.39 is 0 Å². The van der Waals surface area contributed by atoms with E-state index >= 15 is 0 Å². The summed E-state index contributed by atoms with van der Waals surface area (Å²) in [6.45, 7) is 7.97. The van der Waals surface area contributed by atoms with Gasteiger partial charge in [0, 0.05) is 18.7 Å². The Morgan fingerprint density at radius 3 is 2.40 bits per heavy atom. The van der Waals surface area contributed by atoms with Gasteiger partial charge in [0.2, 0.25) is 5.95 Å². The van der Waals surface area contributed by atoms with Crippen molar-refractivity contribution in [2.24, 2.45) is 0 Å². The number of aromatic nitrogens is 2. The number of aryl methyl sites for hydroxylation is 2. The van der Waals surface area contributed by atoms with E-state index in [0.29, 0.717) is 29.5 Å². The van der Waals surface area contributed by atoms with Gasteiger partial charge in [-0.3, -0.25) is 0 Å². The summed E-state index contributed by atoms with van der Waals surface area (Å²) in [6, 6.07) is 8.06. The molecular weight excluding hydrogens is 314 g/mol. The molecule has 0 amide bonds. The van der Waals surface area contributed by atoms with E-state index in [0.717, 1.165) is 31.5 Å². The second-order valence-electron chi connectivity index (χ2n) is 6.47. The monoisotopic (exact) mass is 339 g/mol. The van der Waals surface area contributed by atoms with E-state index in [1.807, 2.05) is 45.0 Å². The van der Waals surface area contributed by atoms with Gasteiger partial charge in [-0.2, -0.15) is 0 Å². The molecule has 1 saturated heterocycles. The summed E-state index contributed by atoms with van der Waals surface area (Å²) < 4.78 is 5.25. The van der Waals surface area contributed by atoms with E-state index in [4.69, 9.17) is 9.72 Å².